The van der Waals surface area contributed by atoms with Gasteiger partial charge in [-0.3, -0.25) is 9.69 Å². The van der Waals surface area contributed by atoms with E-state index >= 15 is 0 Å². The Kier molecular flexibility index (Phi) is 7.48. The molecular formula is C32H33F4N3O. The molecule has 0 radical (unpaired) electrons. The van der Waals surface area contributed by atoms with Crippen LogP contribution in [-0.4, -0.2) is 41.3 Å². The number of rotatable bonds is 7. The van der Waals surface area contributed by atoms with Crippen LogP contribution >= 0.6 is 0 Å². The summed E-state index contributed by atoms with van der Waals surface area (Å²) in [5, 5.41) is 1.08. The summed E-state index contributed by atoms with van der Waals surface area (Å²) in [6.07, 6.45) is -2.13. The number of amides is 1. The molecule has 1 aliphatic rings. The van der Waals surface area contributed by atoms with E-state index in [9.17, 15) is 22.4 Å². The lowest BCUT2D eigenvalue weighted by atomic mass is 9.79. The van der Waals surface area contributed by atoms with Gasteiger partial charge < -0.3 is 9.88 Å². The average Bonchev–Trinajstić information content (AvgIpc) is 3.32. The monoisotopic (exact) mass is 551 g/mol. The highest BCUT2D eigenvalue weighted by atomic mass is 19.4. The van der Waals surface area contributed by atoms with Gasteiger partial charge >= 0.3 is 6.18 Å². The van der Waals surface area contributed by atoms with Crippen molar-refractivity contribution in [3.8, 4) is 0 Å². The number of aromatic nitrogens is 1. The Balaban J connectivity index is 1.57. The molecule has 0 saturated heterocycles. The van der Waals surface area contributed by atoms with Gasteiger partial charge in [-0.1, -0.05) is 55.5 Å². The SMILES string of the molecule is CCC(CCC1c2[nH]c3ccccc3c2CCN1C(=O)c1cc(F)cc(C(F)(F)F)c1)(c1ccccc1)N(C)C. The van der Waals surface area contributed by atoms with Gasteiger partial charge in [-0.25, -0.2) is 4.39 Å². The van der Waals surface area contributed by atoms with Crippen LogP contribution in [-0.2, 0) is 18.1 Å². The molecular weight excluding hydrogens is 518 g/mol. The predicted octanol–water partition coefficient (Wildman–Crippen LogP) is 7.71. The second-order valence-electron chi connectivity index (χ2n) is 10.7. The molecule has 1 N–H and O–H groups in total. The summed E-state index contributed by atoms with van der Waals surface area (Å²) in [6, 6.07) is 19.8. The number of benzene rings is 3. The third kappa shape index (κ3) is 5.01. The van der Waals surface area contributed by atoms with Crippen molar-refractivity contribution < 1.29 is 22.4 Å². The van der Waals surface area contributed by atoms with E-state index in [4.69, 9.17) is 0 Å². The smallest absolute Gasteiger partial charge is 0.356 e. The number of para-hydroxylation sites is 1. The second-order valence-corrected chi connectivity index (χ2v) is 10.7. The fraction of sp³-hybridized carbons (Fsp3) is 0.344. The maximum Gasteiger partial charge on any atom is 0.416 e. The van der Waals surface area contributed by atoms with Gasteiger partial charge in [0.15, 0.2) is 0 Å². The lowest BCUT2D eigenvalue weighted by Gasteiger charge is -2.43. The first kappa shape index (κ1) is 27.9. The predicted molar refractivity (Wildman–Crippen MR) is 149 cm³/mol. The quantitative estimate of drug-likeness (QED) is 0.239. The summed E-state index contributed by atoms with van der Waals surface area (Å²) >= 11 is 0. The Morgan fingerprint density at radius 2 is 1.70 bits per heavy atom. The maximum absolute atomic E-state index is 14.3. The van der Waals surface area contributed by atoms with Crippen LogP contribution in [0.4, 0.5) is 17.6 Å². The average molecular weight is 552 g/mol. The normalized spacial score (nSPS) is 17.2. The van der Waals surface area contributed by atoms with Crippen molar-refractivity contribution in [1.82, 2.24) is 14.8 Å². The molecule has 0 spiro atoms. The molecule has 4 aromatic rings. The Hall–Kier alpha value is -3.65. The van der Waals surface area contributed by atoms with E-state index in [0.29, 0.717) is 31.9 Å². The summed E-state index contributed by atoms with van der Waals surface area (Å²) in [5.74, 6) is -1.69. The number of halogens is 4. The van der Waals surface area contributed by atoms with Crippen LogP contribution in [0.25, 0.3) is 10.9 Å². The lowest BCUT2D eigenvalue weighted by molar-refractivity contribution is -0.137. The summed E-state index contributed by atoms with van der Waals surface area (Å²) in [4.78, 5) is 21.2. The van der Waals surface area contributed by atoms with Crippen LogP contribution in [0.15, 0.2) is 72.8 Å². The van der Waals surface area contributed by atoms with Gasteiger partial charge in [-0.15, -0.1) is 0 Å². The fourth-order valence-corrected chi connectivity index (χ4v) is 6.35. The summed E-state index contributed by atoms with van der Waals surface area (Å²) in [7, 11) is 4.08. The van der Waals surface area contributed by atoms with Crippen molar-refractivity contribution >= 4 is 16.8 Å². The molecule has 0 aliphatic carbocycles. The second kappa shape index (κ2) is 10.7. The number of H-pyrrole nitrogens is 1. The zero-order valence-electron chi connectivity index (χ0n) is 22.9. The molecule has 3 aromatic carbocycles. The molecule has 0 saturated carbocycles. The highest BCUT2D eigenvalue weighted by Gasteiger charge is 2.39. The van der Waals surface area contributed by atoms with Gasteiger partial charge in [0.1, 0.15) is 5.82 Å². The van der Waals surface area contributed by atoms with Crippen LogP contribution in [0.2, 0.25) is 0 Å². The number of nitrogens with zero attached hydrogens (tertiary/aromatic N) is 2. The van der Waals surface area contributed by atoms with Gasteiger partial charge in [0.2, 0.25) is 0 Å². The minimum absolute atomic E-state index is 0.297. The van der Waals surface area contributed by atoms with Crippen molar-refractivity contribution in [2.75, 3.05) is 20.6 Å². The molecule has 0 bridgehead atoms. The van der Waals surface area contributed by atoms with E-state index in [2.05, 4.69) is 28.9 Å². The van der Waals surface area contributed by atoms with Gasteiger partial charge in [0.25, 0.3) is 5.91 Å². The van der Waals surface area contributed by atoms with Gasteiger partial charge in [0, 0.05) is 34.2 Å². The first-order chi connectivity index (χ1) is 19.0. The van der Waals surface area contributed by atoms with Gasteiger partial charge in [-0.05, 0) is 75.2 Å². The molecule has 4 nitrogen and oxygen atoms in total. The molecule has 1 aromatic heterocycles. The highest BCUT2D eigenvalue weighted by Crippen LogP contribution is 2.43. The van der Waals surface area contributed by atoms with Crippen LogP contribution in [0.5, 0.6) is 0 Å². The first-order valence-electron chi connectivity index (χ1n) is 13.6. The Morgan fingerprint density at radius 1 is 1.00 bits per heavy atom. The number of hydrogen-bond donors (Lipinski definition) is 1. The van der Waals surface area contributed by atoms with Crippen molar-refractivity contribution in [2.45, 2.75) is 50.4 Å². The molecule has 8 heteroatoms. The van der Waals surface area contributed by atoms with Crippen LogP contribution in [0.1, 0.15) is 65.0 Å². The largest absolute Gasteiger partial charge is 0.416 e. The Labute approximate surface area is 231 Å². The van der Waals surface area contributed by atoms with E-state index in [0.717, 1.165) is 46.3 Å². The zero-order chi connectivity index (χ0) is 28.7. The number of fused-ring (bicyclic) bond motifs is 3. The maximum atomic E-state index is 14.3. The molecule has 0 fully saturated rings. The highest BCUT2D eigenvalue weighted by molar-refractivity contribution is 5.95. The van der Waals surface area contributed by atoms with Crippen molar-refractivity contribution in [3.05, 3.63) is 107 Å². The number of alkyl halides is 3. The third-order valence-corrected chi connectivity index (χ3v) is 8.48. The molecule has 40 heavy (non-hydrogen) atoms. The minimum atomic E-state index is -4.76. The standard InChI is InChI=1S/C32H33F4N3O/c1-4-31(38(2)3,22-10-6-5-7-11-22)16-14-28-29-26(25-12-8-9-13-27(25)37-29)15-17-39(28)30(40)21-18-23(32(34,35)36)20-24(33)19-21/h5-13,18-20,28,37H,4,14-17H2,1-3H3. The number of carbonyl (C=O) groups excluding carboxylic acids is 1. The Bertz CT molecular complexity index is 1510. The van der Waals surface area contributed by atoms with Crippen molar-refractivity contribution in [1.29, 1.82) is 0 Å². The van der Waals surface area contributed by atoms with Gasteiger partial charge in [0.05, 0.1) is 11.6 Å². The molecule has 2 atom stereocenters. The molecule has 1 aliphatic heterocycles. The molecule has 1 amide bonds. The number of nitrogens with one attached hydrogen (secondary N) is 1. The van der Waals surface area contributed by atoms with E-state index in [1.807, 2.05) is 56.6 Å². The fourth-order valence-electron chi connectivity index (χ4n) is 6.35. The van der Waals surface area contributed by atoms with Crippen molar-refractivity contribution in [2.24, 2.45) is 0 Å². The van der Waals surface area contributed by atoms with Crippen molar-refractivity contribution in [3.63, 3.8) is 0 Å². The number of aromatic amines is 1. The Morgan fingerprint density at radius 3 is 2.38 bits per heavy atom. The van der Waals surface area contributed by atoms with E-state index in [1.165, 1.54) is 0 Å². The summed E-state index contributed by atoms with van der Waals surface area (Å²) in [6.45, 7) is 2.46. The molecule has 210 valence electrons. The lowest BCUT2D eigenvalue weighted by Crippen LogP contribution is -2.44. The molecule has 5 rings (SSSR count). The summed E-state index contributed by atoms with van der Waals surface area (Å²) in [5.41, 5.74) is 2.34. The van der Waals surface area contributed by atoms with E-state index < -0.39 is 29.5 Å². The third-order valence-electron chi connectivity index (χ3n) is 8.48. The van der Waals surface area contributed by atoms with Crippen LogP contribution < -0.4 is 0 Å². The molecule has 2 heterocycles. The topological polar surface area (TPSA) is 39.3 Å². The minimum Gasteiger partial charge on any atom is -0.356 e. The van der Waals surface area contributed by atoms with E-state index in [1.54, 1.807) is 4.90 Å². The van der Waals surface area contributed by atoms with Crippen LogP contribution in [0.3, 0.4) is 0 Å². The number of carbonyl (C=O) groups is 1. The number of hydrogen-bond acceptors (Lipinski definition) is 2. The van der Waals surface area contributed by atoms with Crippen LogP contribution in [0, 0.1) is 5.82 Å². The van der Waals surface area contributed by atoms with E-state index in [-0.39, 0.29) is 11.1 Å². The molecule has 2 unspecified atom stereocenters. The zero-order valence-corrected chi connectivity index (χ0v) is 22.9. The van der Waals surface area contributed by atoms with Gasteiger partial charge in [-0.2, -0.15) is 13.2 Å². The summed E-state index contributed by atoms with van der Waals surface area (Å²) < 4.78 is 54.7. The first-order valence-corrected chi connectivity index (χ1v) is 13.6.